The molecule has 0 bridgehead atoms. The summed E-state index contributed by atoms with van der Waals surface area (Å²) in [5.74, 6) is -0.997. The zero-order valence-corrected chi connectivity index (χ0v) is 18.4. The molecule has 6 nitrogen and oxygen atoms in total. The van der Waals surface area contributed by atoms with Gasteiger partial charge in [-0.1, -0.05) is 77.0 Å². The highest BCUT2D eigenvalue weighted by atomic mass is 16.6. The molecular formula is C23H44O6. The van der Waals surface area contributed by atoms with Crippen molar-refractivity contribution in [2.45, 2.75) is 109 Å². The van der Waals surface area contributed by atoms with Crippen molar-refractivity contribution in [3.05, 3.63) is 0 Å². The van der Waals surface area contributed by atoms with Crippen LogP contribution >= 0.6 is 0 Å². The predicted octanol–water partition coefficient (Wildman–Crippen LogP) is 4.69. The number of carbonyl (C=O) groups excluding carboxylic acids is 2. The molecule has 0 aliphatic carbocycles. The molecule has 0 amide bonds. The number of aliphatic hydroxyl groups excluding tert-OH is 2. The Balaban J connectivity index is 3.32. The summed E-state index contributed by atoms with van der Waals surface area (Å²) >= 11 is 0. The Kier molecular flexibility index (Phi) is 22.2. The van der Waals surface area contributed by atoms with Crippen LogP contribution < -0.4 is 0 Å². The van der Waals surface area contributed by atoms with Crippen LogP contribution in [0.2, 0.25) is 0 Å². The first-order valence-corrected chi connectivity index (χ1v) is 11.7. The summed E-state index contributed by atoms with van der Waals surface area (Å²) in [5, 5.41) is 17.4. The van der Waals surface area contributed by atoms with E-state index in [-0.39, 0.29) is 19.6 Å². The molecule has 0 rings (SSSR count). The Hall–Kier alpha value is -1.14. The van der Waals surface area contributed by atoms with Gasteiger partial charge in [-0.15, -0.1) is 0 Å². The van der Waals surface area contributed by atoms with Gasteiger partial charge in [0.15, 0.2) is 0 Å². The molecule has 0 aliphatic rings. The van der Waals surface area contributed by atoms with Crippen LogP contribution in [-0.4, -0.2) is 48.6 Å². The predicted molar refractivity (Wildman–Crippen MR) is 115 cm³/mol. The molecule has 0 atom stereocenters. The summed E-state index contributed by atoms with van der Waals surface area (Å²) in [7, 11) is 0. The van der Waals surface area contributed by atoms with Crippen LogP contribution in [-0.2, 0) is 19.1 Å². The van der Waals surface area contributed by atoms with Crippen LogP contribution in [0.25, 0.3) is 0 Å². The van der Waals surface area contributed by atoms with Crippen LogP contribution in [0, 0.1) is 0 Å². The molecule has 0 aliphatic heterocycles. The normalized spacial score (nSPS) is 10.8. The van der Waals surface area contributed by atoms with Gasteiger partial charge in [-0.2, -0.15) is 0 Å². The second kappa shape index (κ2) is 23.1. The van der Waals surface area contributed by atoms with Gasteiger partial charge in [0.05, 0.1) is 13.2 Å². The van der Waals surface area contributed by atoms with Crippen LogP contribution in [0.4, 0.5) is 0 Å². The smallest absolute Gasteiger partial charge is 0.317 e. The Morgan fingerprint density at radius 1 is 0.448 bits per heavy atom. The fourth-order valence-electron chi connectivity index (χ4n) is 3.14. The van der Waals surface area contributed by atoms with Crippen LogP contribution in [0.1, 0.15) is 109 Å². The number of aliphatic hydroxyl groups is 2. The molecule has 172 valence electrons. The highest BCUT2D eigenvalue weighted by Gasteiger charge is 2.11. The maximum atomic E-state index is 11.6. The van der Waals surface area contributed by atoms with E-state index in [0.717, 1.165) is 64.2 Å². The monoisotopic (exact) mass is 416 g/mol. The lowest BCUT2D eigenvalue weighted by Crippen LogP contribution is -2.15. The van der Waals surface area contributed by atoms with Crippen molar-refractivity contribution in [3.63, 3.8) is 0 Å². The highest BCUT2D eigenvalue weighted by Crippen LogP contribution is 2.10. The van der Waals surface area contributed by atoms with Gasteiger partial charge in [0.25, 0.3) is 0 Å². The molecule has 0 unspecified atom stereocenters. The van der Waals surface area contributed by atoms with Gasteiger partial charge < -0.3 is 19.7 Å². The highest BCUT2D eigenvalue weighted by molar-refractivity contribution is 5.91. The summed E-state index contributed by atoms with van der Waals surface area (Å²) in [4.78, 5) is 23.2. The second-order valence-corrected chi connectivity index (χ2v) is 7.72. The summed E-state index contributed by atoms with van der Waals surface area (Å²) in [6.07, 6.45) is 16.7. The average Bonchev–Trinajstić information content (AvgIpc) is 2.70. The van der Waals surface area contributed by atoms with Crippen molar-refractivity contribution in [2.75, 3.05) is 26.4 Å². The summed E-state index contributed by atoms with van der Waals surface area (Å²) in [6.45, 7) is 1.31. The Labute approximate surface area is 177 Å². The zero-order chi connectivity index (χ0) is 21.4. The fraction of sp³-hybridized carbons (Fsp3) is 0.913. The molecule has 6 heteroatoms. The number of hydrogen-bond acceptors (Lipinski definition) is 6. The summed E-state index contributed by atoms with van der Waals surface area (Å²) in [6, 6.07) is 0. The number of ether oxygens (including phenoxy) is 2. The van der Waals surface area contributed by atoms with Gasteiger partial charge in [-0.05, 0) is 25.7 Å². The van der Waals surface area contributed by atoms with Gasteiger partial charge in [-0.3, -0.25) is 9.59 Å². The minimum atomic E-state index is -0.498. The fourth-order valence-corrected chi connectivity index (χ4v) is 3.14. The van der Waals surface area contributed by atoms with Crippen molar-refractivity contribution < 1.29 is 29.3 Å². The van der Waals surface area contributed by atoms with E-state index in [2.05, 4.69) is 0 Å². The van der Waals surface area contributed by atoms with Crippen molar-refractivity contribution in [2.24, 2.45) is 0 Å². The molecule has 29 heavy (non-hydrogen) atoms. The molecular weight excluding hydrogens is 372 g/mol. The van der Waals surface area contributed by atoms with Crippen molar-refractivity contribution in [3.8, 4) is 0 Å². The number of unbranched alkanes of at least 4 members (excludes halogenated alkanes) is 14. The zero-order valence-electron chi connectivity index (χ0n) is 18.4. The van der Waals surface area contributed by atoms with E-state index in [9.17, 15) is 9.59 Å². The lowest BCUT2D eigenvalue weighted by atomic mass is 10.1. The second-order valence-electron chi connectivity index (χ2n) is 7.72. The van der Waals surface area contributed by atoms with Crippen LogP contribution in [0.3, 0.4) is 0 Å². The van der Waals surface area contributed by atoms with Gasteiger partial charge in [0, 0.05) is 13.2 Å². The third-order valence-corrected chi connectivity index (χ3v) is 4.92. The minimum absolute atomic E-state index is 0.284. The molecule has 0 heterocycles. The topological polar surface area (TPSA) is 93.1 Å². The van der Waals surface area contributed by atoms with Crippen molar-refractivity contribution in [1.29, 1.82) is 0 Å². The summed E-state index contributed by atoms with van der Waals surface area (Å²) in [5.41, 5.74) is 0. The third-order valence-electron chi connectivity index (χ3n) is 4.92. The van der Waals surface area contributed by atoms with E-state index < -0.39 is 11.9 Å². The number of esters is 2. The molecule has 0 radical (unpaired) electrons. The third kappa shape index (κ3) is 23.0. The Morgan fingerprint density at radius 3 is 1.03 bits per heavy atom. The minimum Gasteiger partial charge on any atom is -0.465 e. The van der Waals surface area contributed by atoms with E-state index >= 15 is 0 Å². The quantitative estimate of drug-likeness (QED) is 0.151. The lowest BCUT2D eigenvalue weighted by molar-refractivity contribution is -0.154. The Bertz CT molecular complexity index is 338. The molecule has 0 spiro atoms. The number of carbonyl (C=O) groups is 2. The first-order chi connectivity index (χ1) is 14.2. The van der Waals surface area contributed by atoms with Gasteiger partial charge in [0.2, 0.25) is 0 Å². The first kappa shape index (κ1) is 27.9. The van der Waals surface area contributed by atoms with E-state index in [1.54, 1.807) is 0 Å². The first-order valence-electron chi connectivity index (χ1n) is 11.7. The summed E-state index contributed by atoms with van der Waals surface area (Å²) < 4.78 is 10.2. The van der Waals surface area contributed by atoms with E-state index in [0.29, 0.717) is 13.2 Å². The van der Waals surface area contributed by atoms with Gasteiger partial charge in [0.1, 0.15) is 6.42 Å². The van der Waals surface area contributed by atoms with Crippen molar-refractivity contribution in [1.82, 2.24) is 0 Å². The van der Waals surface area contributed by atoms with E-state index in [1.165, 1.54) is 38.5 Å². The molecule has 0 saturated carbocycles. The standard InChI is InChI=1S/C23H44O6/c24-17-13-9-5-1-3-7-11-15-19-28-22(26)21-23(27)29-20-16-12-8-4-2-6-10-14-18-25/h24-25H,1-21H2. The largest absolute Gasteiger partial charge is 0.465 e. The molecule has 0 aromatic carbocycles. The maximum Gasteiger partial charge on any atom is 0.317 e. The number of hydrogen-bond donors (Lipinski definition) is 2. The van der Waals surface area contributed by atoms with Crippen LogP contribution in [0.5, 0.6) is 0 Å². The lowest BCUT2D eigenvalue weighted by Gasteiger charge is -2.06. The van der Waals surface area contributed by atoms with Gasteiger partial charge in [-0.25, -0.2) is 0 Å². The molecule has 0 fully saturated rings. The van der Waals surface area contributed by atoms with E-state index in [1.807, 2.05) is 0 Å². The molecule has 2 N–H and O–H groups in total. The maximum absolute atomic E-state index is 11.6. The molecule has 0 aromatic rings. The molecule has 0 aromatic heterocycles. The SMILES string of the molecule is O=C(CC(=O)OCCCCCCCCCCO)OCCCCCCCCCCO. The Morgan fingerprint density at radius 2 is 0.724 bits per heavy atom. The van der Waals surface area contributed by atoms with Crippen molar-refractivity contribution >= 4 is 11.9 Å². The molecule has 0 saturated heterocycles. The van der Waals surface area contributed by atoms with E-state index in [4.69, 9.17) is 19.7 Å². The van der Waals surface area contributed by atoms with Gasteiger partial charge >= 0.3 is 11.9 Å². The average molecular weight is 417 g/mol. The van der Waals surface area contributed by atoms with Crippen LogP contribution in [0.15, 0.2) is 0 Å². The number of rotatable bonds is 22.